The maximum absolute atomic E-state index is 9.11. The first-order chi connectivity index (χ1) is 13.6. The van der Waals surface area contributed by atoms with Crippen LogP contribution >= 0.6 is 0 Å². The summed E-state index contributed by atoms with van der Waals surface area (Å²) >= 11 is 0. The second-order valence-electron chi connectivity index (χ2n) is 7.03. The molecule has 2 aromatic heterocycles. The summed E-state index contributed by atoms with van der Waals surface area (Å²) < 4.78 is 7.39. The highest BCUT2D eigenvalue weighted by Gasteiger charge is 2.24. The second kappa shape index (κ2) is 7.27. The fourth-order valence-electron chi connectivity index (χ4n) is 3.74. The summed E-state index contributed by atoms with van der Waals surface area (Å²) in [7, 11) is 3.59. The molecule has 0 bridgehead atoms. The van der Waals surface area contributed by atoms with Crippen molar-refractivity contribution < 1.29 is 4.74 Å². The quantitative estimate of drug-likeness (QED) is 0.673. The summed E-state index contributed by atoms with van der Waals surface area (Å²) in [6, 6.07) is 9.90. The molecule has 0 spiro atoms. The number of benzene rings is 1. The van der Waals surface area contributed by atoms with E-state index in [0.717, 1.165) is 48.6 Å². The van der Waals surface area contributed by atoms with Crippen molar-refractivity contribution in [2.24, 2.45) is 7.05 Å². The van der Waals surface area contributed by atoms with Crippen LogP contribution in [0.5, 0.6) is 5.75 Å². The first-order valence-electron chi connectivity index (χ1n) is 9.26. The van der Waals surface area contributed by atoms with Crippen LogP contribution in [0.3, 0.4) is 0 Å². The molecule has 144 valence electrons. The molecule has 1 aliphatic rings. The molecule has 0 amide bonds. The van der Waals surface area contributed by atoms with E-state index in [1.807, 2.05) is 25.2 Å². The number of methoxy groups -OCH3 is 1. The van der Waals surface area contributed by atoms with Crippen molar-refractivity contribution in [2.75, 3.05) is 36.1 Å². The Morgan fingerprint density at radius 2 is 2.21 bits per heavy atom. The first kappa shape index (κ1) is 17.9. The van der Waals surface area contributed by atoms with E-state index in [1.165, 1.54) is 6.20 Å². The molecule has 28 heavy (non-hydrogen) atoms. The summed E-state index contributed by atoms with van der Waals surface area (Å²) in [6.45, 7) is 1.77. The number of ether oxygens (including phenoxy) is 1. The van der Waals surface area contributed by atoms with Gasteiger partial charge in [-0.05, 0) is 31.0 Å². The second-order valence-corrected chi connectivity index (χ2v) is 7.03. The number of piperidine rings is 1. The predicted octanol–water partition coefficient (Wildman–Crippen LogP) is 2.51. The Balaban J connectivity index is 1.54. The lowest BCUT2D eigenvalue weighted by atomic mass is 10.1. The van der Waals surface area contributed by atoms with Crippen LogP contribution in [0.25, 0.3) is 11.0 Å². The molecule has 1 atom stereocenters. The Morgan fingerprint density at radius 1 is 1.36 bits per heavy atom. The van der Waals surface area contributed by atoms with Crippen LogP contribution in [-0.2, 0) is 7.05 Å². The molecular weight excluding hydrogens is 354 g/mol. The fraction of sp³-hybridized carbons (Fsp3) is 0.350. The van der Waals surface area contributed by atoms with Crippen molar-refractivity contribution in [1.29, 1.82) is 5.26 Å². The van der Waals surface area contributed by atoms with Crippen LogP contribution in [0, 0.1) is 11.3 Å². The molecule has 1 aromatic carbocycles. The molecule has 0 saturated carbocycles. The van der Waals surface area contributed by atoms with Gasteiger partial charge >= 0.3 is 0 Å². The fourth-order valence-corrected chi connectivity index (χ4v) is 3.74. The largest absolute Gasteiger partial charge is 0.495 e. The number of aromatic nitrogens is 3. The van der Waals surface area contributed by atoms with Gasteiger partial charge < -0.3 is 25.3 Å². The standard InChI is InChI=1S/C20H23N7O/c1-26-17-6-5-14(22)8-16(17)25-20(26)27-7-3-4-15(12-27)24-19-9-18(28-2)13(10-21)11-23-19/h5-6,8-9,11,15H,3-4,7,12,22H2,1-2H3,(H,23,24)/t15-/m1/s1. The number of hydrogen-bond acceptors (Lipinski definition) is 7. The topological polar surface area (TPSA) is 105 Å². The van der Waals surface area contributed by atoms with Crippen LogP contribution in [-0.4, -0.2) is 40.8 Å². The Hall–Kier alpha value is -3.47. The van der Waals surface area contributed by atoms with Crippen LogP contribution in [0.1, 0.15) is 18.4 Å². The smallest absolute Gasteiger partial charge is 0.206 e. The van der Waals surface area contributed by atoms with Crippen LogP contribution in [0.4, 0.5) is 17.5 Å². The molecule has 8 heteroatoms. The number of nitrogens with one attached hydrogen (secondary N) is 1. The number of nitriles is 1. The number of rotatable bonds is 4. The number of nitrogen functional groups attached to an aromatic ring is 1. The van der Waals surface area contributed by atoms with E-state index in [4.69, 9.17) is 20.7 Å². The van der Waals surface area contributed by atoms with Gasteiger partial charge in [-0.2, -0.15) is 5.26 Å². The third-order valence-corrected chi connectivity index (χ3v) is 5.14. The van der Waals surface area contributed by atoms with Crippen molar-refractivity contribution in [2.45, 2.75) is 18.9 Å². The number of nitrogens with two attached hydrogens (primary N) is 1. The zero-order chi connectivity index (χ0) is 19.7. The first-order valence-corrected chi connectivity index (χ1v) is 9.26. The number of anilines is 3. The van der Waals surface area contributed by atoms with Gasteiger partial charge in [-0.25, -0.2) is 9.97 Å². The molecular formula is C20H23N7O. The molecule has 8 nitrogen and oxygen atoms in total. The van der Waals surface area contributed by atoms with Gasteiger partial charge in [-0.1, -0.05) is 0 Å². The van der Waals surface area contributed by atoms with Crippen molar-refractivity contribution in [3.8, 4) is 11.8 Å². The highest BCUT2D eigenvalue weighted by Crippen LogP contribution is 2.27. The van der Waals surface area contributed by atoms with Gasteiger partial charge in [-0.15, -0.1) is 0 Å². The van der Waals surface area contributed by atoms with E-state index >= 15 is 0 Å². The van der Waals surface area contributed by atoms with Gasteiger partial charge in [0.1, 0.15) is 23.2 Å². The van der Waals surface area contributed by atoms with Crippen LogP contribution in [0.2, 0.25) is 0 Å². The molecule has 1 aliphatic heterocycles. The van der Waals surface area contributed by atoms with Gasteiger partial charge in [-0.3, -0.25) is 0 Å². The van der Waals surface area contributed by atoms with E-state index in [9.17, 15) is 0 Å². The highest BCUT2D eigenvalue weighted by atomic mass is 16.5. The predicted molar refractivity (Wildman–Crippen MR) is 109 cm³/mol. The number of imidazole rings is 1. The minimum absolute atomic E-state index is 0.226. The Kier molecular flexibility index (Phi) is 4.65. The lowest BCUT2D eigenvalue weighted by Gasteiger charge is -2.34. The van der Waals surface area contributed by atoms with Crippen molar-refractivity contribution in [3.63, 3.8) is 0 Å². The number of nitrogens with zero attached hydrogens (tertiary/aromatic N) is 5. The molecule has 3 heterocycles. The number of aryl methyl sites for hydroxylation is 1. The van der Waals surface area contributed by atoms with E-state index in [0.29, 0.717) is 17.1 Å². The van der Waals surface area contributed by atoms with E-state index in [1.54, 1.807) is 13.2 Å². The molecule has 1 saturated heterocycles. The average Bonchev–Trinajstić information content (AvgIpc) is 3.03. The minimum atomic E-state index is 0.226. The summed E-state index contributed by atoms with van der Waals surface area (Å²) in [5, 5.41) is 12.6. The van der Waals surface area contributed by atoms with E-state index in [2.05, 4.69) is 25.8 Å². The van der Waals surface area contributed by atoms with Crippen molar-refractivity contribution >= 4 is 28.5 Å². The third-order valence-electron chi connectivity index (χ3n) is 5.14. The third kappa shape index (κ3) is 3.27. The van der Waals surface area contributed by atoms with Gasteiger partial charge in [0.25, 0.3) is 0 Å². The molecule has 1 fully saturated rings. The highest BCUT2D eigenvalue weighted by molar-refractivity contribution is 5.82. The number of fused-ring (bicyclic) bond motifs is 1. The number of pyridine rings is 1. The maximum Gasteiger partial charge on any atom is 0.206 e. The van der Waals surface area contributed by atoms with Crippen LogP contribution < -0.4 is 20.7 Å². The lowest BCUT2D eigenvalue weighted by molar-refractivity contribution is 0.413. The molecule has 0 unspecified atom stereocenters. The van der Waals surface area contributed by atoms with Crippen molar-refractivity contribution in [1.82, 2.24) is 14.5 Å². The normalized spacial score (nSPS) is 16.8. The average molecular weight is 377 g/mol. The van der Waals surface area contributed by atoms with Crippen LogP contribution in [0.15, 0.2) is 30.5 Å². The molecule has 3 aromatic rings. The molecule has 0 aliphatic carbocycles. The number of hydrogen-bond donors (Lipinski definition) is 2. The molecule has 4 rings (SSSR count). The molecule has 0 radical (unpaired) electrons. The Bertz CT molecular complexity index is 1050. The zero-order valence-corrected chi connectivity index (χ0v) is 16.0. The van der Waals surface area contributed by atoms with Gasteiger partial charge in [0.2, 0.25) is 5.95 Å². The van der Waals surface area contributed by atoms with Gasteiger partial charge in [0, 0.05) is 37.9 Å². The lowest BCUT2D eigenvalue weighted by Crippen LogP contribution is -2.43. The van der Waals surface area contributed by atoms with Crippen molar-refractivity contribution in [3.05, 3.63) is 36.0 Å². The summed E-state index contributed by atoms with van der Waals surface area (Å²) in [5.41, 5.74) is 9.03. The van der Waals surface area contributed by atoms with E-state index in [-0.39, 0.29) is 6.04 Å². The van der Waals surface area contributed by atoms with Gasteiger partial charge in [0.15, 0.2) is 0 Å². The molecule has 3 N–H and O–H groups in total. The summed E-state index contributed by atoms with van der Waals surface area (Å²) in [5.74, 6) is 2.18. The Labute approximate surface area is 163 Å². The SMILES string of the molecule is COc1cc(N[C@@H]2CCCN(c3nc4cc(N)ccc4n3C)C2)ncc1C#N. The Morgan fingerprint density at radius 3 is 3.00 bits per heavy atom. The maximum atomic E-state index is 9.11. The van der Waals surface area contributed by atoms with Gasteiger partial charge in [0.05, 0.1) is 24.3 Å². The summed E-state index contributed by atoms with van der Waals surface area (Å²) in [6.07, 6.45) is 3.63. The minimum Gasteiger partial charge on any atom is -0.495 e. The zero-order valence-electron chi connectivity index (χ0n) is 16.0. The summed E-state index contributed by atoms with van der Waals surface area (Å²) in [4.78, 5) is 11.4. The van der Waals surface area contributed by atoms with E-state index < -0.39 is 0 Å². The monoisotopic (exact) mass is 377 g/mol.